The zero-order chi connectivity index (χ0) is 11.4. The predicted molar refractivity (Wildman–Crippen MR) is 69.7 cm³/mol. The van der Waals surface area contributed by atoms with Gasteiger partial charge in [0.15, 0.2) is 0 Å². The van der Waals surface area contributed by atoms with Crippen LogP contribution in [0.5, 0.6) is 0 Å². The summed E-state index contributed by atoms with van der Waals surface area (Å²) < 4.78 is 0. The summed E-state index contributed by atoms with van der Waals surface area (Å²) in [6.07, 6.45) is 4.07. The number of hydrogen-bond donors (Lipinski definition) is 1. The van der Waals surface area contributed by atoms with Gasteiger partial charge in [-0.25, -0.2) is 0 Å². The van der Waals surface area contributed by atoms with Gasteiger partial charge >= 0.3 is 0 Å². The van der Waals surface area contributed by atoms with Crippen molar-refractivity contribution in [1.29, 1.82) is 0 Å². The third-order valence-corrected chi connectivity index (χ3v) is 3.78. The van der Waals surface area contributed by atoms with Gasteiger partial charge in [-0.15, -0.1) is 0 Å². The highest BCUT2D eigenvalue weighted by Gasteiger charge is 2.27. The molecule has 1 fully saturated rings. The van der Waals surface area contributed by atoms with Gasteiger partial charge in [0.2, 0.25) is 0 Å². The van der Waals surface area contributed by atoms with Crippen LogP contribution in [0, 0.1) is 5.92 Å². The molecule has 0 amide bonds. The molecule has 2 atom stereocenters. The number of rotatable bonds is 6. The predicted octanol–water partition coefficient (Wildman–Crippen LogP) is 3.57. The summed E-state index contributed by atoms with van der Waals surface area (Å²) in [4.78, 5) is 0. The molecule has 1 heteroatoms. The molecule has 0 aromatic heterocycles. The van der Waals surface area contributed by atoms with Crippen LogP contribution in [0.15, 0.2) is 30.3 Å². The lowest BCUT2D eigenvalue weighted by molar-refractivity contribution is 0.462. The van der Waals surface area contributed by atoms with Gasteiger partial charge in [-0.1, -0.05) is 37.3 Å². The first-order valence-corrected chi connectivity index (χ1v) is 6.59. The highest BCUT2D eigenvalue weighted by Crippen LogP contribution is 2.32. The van der Waals surface area contributed by atoms with E-state index in [2.05, 4.69) is 49.5 Å². The van der Waals surface area contributed by atoms with Crippen molar-refractivity contribution in [3.63, 3.8) is 0 Å². The molecule has 0 heterocycles. The van der Waals surface area contributed by atoms with E-state index in [9.17, 15) is 0 Å². The molecule has 1 saturated carbocycles. The first-order chi connectivity index (χ1) is 7.81. The molecule has 1 aliphatic rings. The largest absolute Gasteiger partial charge is 0.313 e. The zero-order valence-corrected chi connectivity index (χ0v) is 10.4. The fourth-order valence-corrected chi connectivity index (χ4v) is 2.31. The Bertz CT molecular complexity index is 302. The highest BCUT2D eigenvalue weighted by atomic mass is 14.9. The Morgan fingerprint density at radius 3 is 2.50 bits per heavy atom. The van der Waals surface area contributed by atoms with Crippen molar-refractivity contribution >= 4 is 0 Å². The van der Waals surface area contributed by atoms with E-state index in [1.807, 2.05) is 0 Å². The Balaban J connectivity index is 1.85. The molecule has 2 unspecified atom stereocenters. The fraction of sp³-hybridized carbons (Fsp3) is 0.600. The second kappa shape index (κ2) is 5.49. The molecule has 0 bridgehead atoms. The number of benzene rings is 1. The van der Waals surface area contributed by atoms with Crippen LogP contribution in [-0.4, -0.2) is 12.6 Å². The SMILES string of the molecule is CCC(CNC(C)C1CC1)c1ccccc1. The lowest BCUT2D eigenvalue weighted by Gasteiger charge is -2.19. The topological polar surface area (TPSA) is 12.0 Å². The smallest absolute Gasteiger partial charge is 0.00672 e. The van der Waals surface area contributed by atoms with Crippen LogP contribution in [0.4, 0.5) is 0 Å². The summed E-state index contributed by atoms with van der Waals surface area (Å²) in [6.45, 7) is 5.73. The molecule has 16 heavy (non-hydrogen) atoms. The van der Waals surface area contributed by atoms with Crippen LogP contribution in [0.3, 0.4) is 0 Å². The molecule has 1 aliphatic carbocycles. The van der Waals surface area contributed by atoms with Crippen LogP contribution < -0.4 is 5.32 Å². The van der Waals surface area contributed by atoms with Crippen molar-refractivity contribution in [2.24, 2.45) is 5.92 Å². The van der Waals surface area contributed by atoms with Crippen molar-refractivity contribution in [1.82, 2.24) is 5.32 Å². The minimum Gasteiger partial charge on any atom is -0.313 e. The van der Waals surface area contributed by atoms with Gasteiger partial charge in [0, 0.05) is 12.6 Å². The third-order valence-electron chi connectivity index (χ3n) is 3.78. The molecular weight excluding hydrogens is 194 g/mol. The average Bonchev–Trinajstić information content (AvgIpc) is 3.15. The first kappa shape index (κ1) is 11.7. The zero-order valence-electron chi connectivity index (χ0n) is 10.4. The van der Waals surface area contributed by atoms with Crippen molar-refractivity contribution in [3.8, 4) is 0 Å². The van der Waals surface area contributed by atoms with Gasteiger partial charge in [-0.3, -0.25) is 0 Å². The van der Waals surface area contributed by atoms with Crippen LogP contribution in [0.1, 0.15) is 44.6 Å². The van der Waals surface area contributed by atoms with E-state index in [1.165, 1.54) is 24.8 Å². The summed E-state index contributed by atoms with van der Waals surface area (Å²) in [5.41, 5.74) is 1.47. The van der Waals surface area contributed by atoms with Gasteiger partial charge in [-0.2, -0.15) is 0 Å². The van der Waals surface area contributed by atoms with Crippen molar-refractivity contribution in [2.45, 2.75) is 45.1 Å². The van der Waals surface area contributed by atoms with E-state index >= 15 is 0 Å². The second-order valence-corrected chi connectivity index (χ2v) is 5.05. The molecule has 1 aromatic carbocycles. The van der Waals surface area contributed by atoms with Gasteiger partial charge < -0.3 is 5.32 Å². The number of nitrogens with one attached hydrogen (secondary N) is 1. The summed E-state index contributed by atoms with van der Waals surface area (Å²) >= 11 is 0. The summed E-state index contributed by atoms with van der Waals surface area (Å²) in [5.74, 6) is 1.62. The lowest BCUT2D eigenvalue weighted by Crippen LogP contribution is -2.31. The minimum atomic E-state index is 0.669. The molecule has 1 N–H and O–H groups in total. The Labute approximate surface area is 99.3 Å². The molecular formula is C15H23N. The molecule has 0 saturated heterocycles. The second-order valence-electron chi connectivity index (χ2n) is 5.05. The maximum Gasteiger partial charge on any atom is 0.00672 e. The van der Waals surface area contributed by atoms with Crippen LogP contribution in [-0.2, 0) is 0 Å². The van der Waals surface area contributed by atoms with Crippen LogP contribution in [0.25, 0.3) is 0 Å². The normalized spacial score (nSPS) is 19.4. The van der Waals surface area contributed by atoms with E-state index in [4.69, 9.17) is 0 Å². The Morgan fingerprint density at radius 2 is 1.94 bits per heavy atom. The molecule has 1 nitrogen and oxygen atoms in total. The van der Waals surface area contributed by atoms with E-state index in [0.29, 0.717) is 12.0 Å². The van der Waals surface area contributed by atoms with Gasteiger partial charge in [0.1, 0.15) is 0 Å². The average molecular weight is 217 g/mol. The maximum atomic E-state index is 3.69. The summed E-state index contributed by atoms with van der Waals surface area (Å²) in [5, 5.41) is 3.69. The fourth-order valence-electron chi connectivity index (χ4n) is 2.31. The standard InChI is InChI=1S/C15H23N/c1-3-13(15-7-5-4-6-8-15)11-16-12(2)14-9-10-14/h4-8,12-14,16H,3,9-11H2,1-2H3. The monoisotopic (exact) mass is 217 g/mol. The van der Waals surface area contributed by atoms with Gasteiger partial charge in [-0.05, 0) is 43.6 Å². The van der Waals surface area contributed by atoms with Crippen molar-refractivity contribution < 1.29 is 0 Å². The van der Waals surface area contributed by atoms with Crippen LogP contribution in [0.2, 0.25) is 0 Å². The van der Waals surface area contributed by atoms with Crippen molar-refractivity contribution in [2.75, 3.05) is 6.54 Å². The Morgan fingerprint density at radius 1 is 1.25 bits per heavy atom. The summed E-state index contributed by atoms with van der Waals surface area (Å²) in [6, 6.07) is 11.6. The molecule has 0 spiro atoms. The van der Waals surface area contributed by atoms with Gasteiger partial charge in [0.05, 0.1) is 0 Å². The van der Waals surface area contributed by atoms with E-state index < -0.39 is 0 Å². The third kappa shape index (κ3) is 3.08. The van der Waals surface area contributed by atoms with Crippen molar-refractivity contribution in [3.05, 3.63) is 35.9 Å². The number of hydrogen-bond acceptors (Lipinski definition) is 1. The highest BCUT2D eigenvalue weighted by molar-refractivity contribution is 5.19. The Hall–Kier alpha value is -0.820. The van der Waals surface area contributed by atoms with Crippen LogP contribution >= 0.6 is 0 Å². The molecule has 88 valence electrons. The summed E-state index contributed by atoms with van der Waals surface area (Å²) in [7, 11) is 0. The van der Waals surface area contributed by atoms with E-state index in [-0.39, 0.29) is 0 Å². The Kier molecular flexibility index (Phi) is 4.00. The minimum absolute atomic E-state index is 0.669. The van der Waals surface area contributed by atoms with E-state index in [0.717, 1.165) is 12.5 Å². The molecule has 0 radical (unpaired) electrons. The lowest BCUT2D eigenvalue weighted by atomic mass is 9.96. The quantitative estimate of drug-likeness (QED) is 0.768. The molecule has 1 aromatic rings. The molecule has 0 aliphatic heterocycles. The maximum absolute atomic E-state index is 3.69. The molecule has 2 rings (SSSR count). The van der Waals surface area contributed by atoms with E-state index in [1.54, 1.807) is 0 Å². The van der Waals surface area contributed by atoms with Gasteiger partial charge in [0.25, 0.3) is 0 Å². The first-order valence-electron chi connectivity index (χ1n) is 6.59.